The topological polar surface area (TPSA) is 93.4 Å². The van der Waals surface area contributed by atoms with E-state index in [2.05, 4.69) is 10.6 Å². The van der Waals surface area contributed by atoms with Gasteiger partial charge in [-0.15, -0.1) is 0 Å². The molecule has 1 unspecified atom stereocenters. The molecule has 1 aromatic carbocycles. The smallest absolute Gasteiger partial charge is 0.226 e. The first-order chi connectivity index (χ1) is 11.5. The summed E-state index contributed by atoms with van der Waals surface area (Å²) in [6, 6.07) is 4.88. The second kappa shape index (κ2) is 8.57. The zero-order valence-corrected chi connectivity index (χ0v) is 14.4. The van der Waals surface area contributed by atoms with E-state index in [1.54, 1.807) is 25.3 Å². The van der Waals surface area contributed by atoms with Crippen molar-refractivity contribution < 1.29 is 14.3 Å². The first kappa shape index (κ1) is 18.1. The predicted octanol–water partition coefficient (Wildman–Crippen LogP) is 2.69. The molecule has 2 amide bonds. The highest BCUT2D eigenvalue weighted by atomic mass is 16.5. The molecule has 1 saturated carbocycles. The number of ether oxygens (including phenoxy) is 1. The summed E-state index contributed by atoms with van der Waals surface area (Å²) in [5, 5.41) is 5.72. The van der Waals surface area contributed by atoms with E-state index in [0.29, 0.717) is 17.1 Å². The van der Waals surface area contributed by atoms with Gasteiger partial charge in [0.1, 0.15) is 5.75 Å². The van der Waals surface area contributed by atoms with E-state index in [0.717, 1.165) is 25.7 Å². The van der Waals surface area contributed by atoms with Crippen molar-refractivity contribution in [1.29, 1.82) is 0 Å². The number of hydrogen-bond acceptors (Lipinski definition) is 4. The Kier molecular flexibility index (Phi) is 6.46. The van der Waals surface area contributed by atoms with Crippen molar-refractivity contribution in [2.45, 2.75) is 51.5 Å². The van der Waals surface area contributed by atoms with Crippen LogP contribution < -0.4 is 21.1 Å². The molecule has 4 N–H and O–H groups in total. The lowest BCUT2D eigenvalue weighted by Gasteiger charge is -2.23. The lowest BCUT2D eigenvalue weighted by atomic mass is 9.88. The van der Waals surface area contributed by atoms with Gasteiger partial charge in [-0.3, -0.25) is 9.59 Å². The molecule has 0 aromatic heterocycles. The molecule has 1 aliphatic rings. The molecule has 1 aliphatic carbocycles. The Labute approximate surface area is 143 Å². The van der Waals surface area contributed by atoms with Gasteiger partial charge >= 0.3 is 0 Å². The number of methoxy groups -OCH3 is 1. The number of nitrogens with one attached hydrogen (secondary N) is 2. The standard InChI is InChI=1S/C18H27N3O3/c1-12(20-18(23)13-6-4-3-5-7-13)10-17(22)21-16-11-14(24-2)8-9-15(16)19/h8-9,11-13H,3-7,10,19H2,1-2H3,(H,20,23)(H,21,22). The highest BCUT2D eigenvalue weighted by Crippen LogP contribution is 2.25. The van der Waals surface area contributed by atoms with E-state index in [1.165, 1.54) is 6.42 Å². The van der Waals surface area contributed by atoms with E-state index in [9.17, 15) is 9.59 Å². The average molecular weight is 333 g/mol. The molecule has 132 valence electrons. The first-order valence-corrected chi connectivity index (χ1v) is 8.53. The van der Waals surface area contributed by atoms with Gasteiger partial charge in [-0.1, -0.05) is 19.3 Å². The van der Waals surface area contributed by atoms with E-state index in [-0.39, 0.29) is 30.2 Å². The quantitative estimate of drug-likeness (QED) is 0.698. The van der Waals surface area contributed by atoms with Crippen LogP contribution in [0.2, 0.25) is 0 Å². The summed E-state index contributed by atoms with van der Waals surface area (Å²) < 4.78 is 5.13. The summed E-state index contributed by atoms with van der Waals surface area (Å²) in [6.07, 6.45) is 5.54. The second-order valence-electron chi connectivity index (χ2n) is 6.45. The van der Waals surface area contributed by atoms with Crippen LogP contribution in [0, 0.1) is 5.92 Å². The van der Waals surface area contributed by atoms with Crippen molar-refractivity contribution in [2.24, 2.45) is 5.92 Å². The molecule has 0 radical (unpaired) electrons. The zero-order chi connectivity index (χ0) is 17.5. The maximum absolute atomic E-state index is 12.2. The van der Waals surface area contributed by atoms with Gasteiger partial charge in [0, 0.05) is 24.4 Å². The monoisotopic (exact) mass is 333 g/mol. The van der Waals surface area contributed by atoms with Crippen LogP contribution in [0.15, 0.2) is 18.2 Å². The lowest BCUT2D eigenvalue weighted by molar-refractivity contribution is -0.126. The molecule has 1 fully saturated rings. The Morgan fingerprint density at radius 3 is 2.67 bits per heavy atom. The Morgan fingerprint density at radius 1 is 1.29 bits per heavy atom. The Hall–Kier alpha value is -2.24. The number of nitrogen functional groups attached to an aromatic ring is 1. The third-order valence-electron chi connectivity index (χ3n) is 4.39. The summed E-state index contributed by atoms with van der Waals surface area (Å²) in [7, 11) is 1.56. The van der Waals surface area contributed by atoms with Gasteiger partial charge in [-0.25, -0.2) is 0 Å². The fraction of sp³-hybridized carbons (Fsp3) is 0.556. The van der Waals surface area contributed by atoms with Crippen LogP contribution in [0.5, 0.6) is 5.75 Å². The minimum atomic E-state index is -0.216. The Balaban J connectivity index is 1.84. The van der Waals surface area contributed by atoms with Gasteiger partial charge in [-0.05, 0) is 31.9 Å². The molecular weight excluding hydrogens is 306 g/mol. The van der Waals surface area contributed by atoms with Crippen LogP contribution in [0.3, 0.4) is 0 Å². The molecule has 6 nitrogen and oxygen atoms in total. The Bertz CT molecular complexity index is 583. The number of carbonyl (C=O) groups is 2. The number of nitrogens with two attached hydrogens (primary N) is 1. The van der Waals surface area contributed by atoms with Crippen molar-refractivity contribution in [3.8, 4) is 5.75 Å². The Morgan fingerprint density at radius 2 is 2.00 bits per heavy atom. The second-order valence-corrected chi connectivity index (χ2v) is 6.45. The summed E-state index contributed by atoms with van der Waals surface area (Å²) in [6.45, 7) is 1.84. The maximum Gasteiger partial charge on any atom is 0.226 e. The van der Waals surface area contributed by atoms with Crippen LogP contribution in [-0.4, -0.2) is 25.0 Å². The molecular formula is C18H27N3O3. The number of anilines is 2. The molecule has 2 rings (SSSR count). The molecule has 0 spiro atoms. The number of carbonyl (C=O) groups excluding carboxylic acids is 2. The van der Waals surface area contributed by atoms with E-state index < -0.39 is 0 Å². The molecule has 0 saturated heterocycles. The number of rotatable bonds is 6. The summed E-state index contributed by atoms with van der Waals surface area (Å²) in [5.41, 5.74) is 6.86. The van der Waals surface area contributed by atoms with Crippen molar-refractivity contribution >= 4 is 23.2 Å². The molecule has 0 aliphatic heterocycles. The number of amides is 2. The normalized spacial score (nSPS) is 16.2. The third-order valence-corrected chi connectivity index (χ3v) is 4.39. The summed E-state index contributed by atoms with van der Waals surface area (Å²) in [5.74, 6) is 0.596. The molecule has 0 bridgehead atoms. The summed E-state index contributed by atoms with van der Waals surface area (Å²) >= 11 is 0. The molecule has 1 atom stereocenters. The van der Waals surface area contributed by atoms with Crippen LogP contribution >= 0.6 is 0 Å². The fourth-order valence-electron chi connectivity index (χ4n) is 3.03. The minimum Gasteiger partial charge on any atom is -0.497 e. The molecule has 6 heteroatoms. The maximum atomic E-state index is 12.2. The SMILES string of the molecule is COc1ccc(N)c(NC(=O)CC(C)NC(=O)C2CCCCC2)c1. The van der Waals surface area contributed by atoms with Gasteiger partial charge in [0.25, 0.3) is 0 Å². The summed E-state index contributed by atoms with van der Waals surface area (Å²) in [4.78, 5) is 24.4. The van der Waals surface area contributed by atoms with Gasteiger partial charge in [0.05, 0.1) is 18.5 Å². The van der Waals surface area contributed by atoms with Crippen LogP contribution in [0.25, 0.3) is 0 Å². The van der Waals surface area contributed by atoms with Crippen LogP contribution in [-0.2, 0) is 9.59 Å². The van der Waals surface area contributed by atoms with Gasteiger partial charge in [0.15, 0.2) is 0 Å². The van der Waals surface area contributed by atoms with Crippen molar-refractivity contribution in [3.05, 3.63) is 18.2 Å². The largest absolute Gasteiger partial charge is 0.497 e. The van der Waals surface area contributed by atoms with E-state index >= 15 is 0 Å². The van der Waals surface area contributed by atoms with Crippen molar-refractivity contribution in [2.75, 3.05) is 18.2 Å². The third kappa shape index (κ3) is 5.15. The minimum absolute atomic E-state index is 0.0656. The van der Waals surface area contributed by atoms with E-state index in [4.69, 9.17) is 10.5 Å². The predicted molar refractivity (Wildman–Crippen MR) is 94.8 cm³/mol. The molecule has 1 aromatic rings. The lowest BCUT2D eigenvalue weighted by Crippen LogP contribution is -2.39. The highest BCUT2D eigenvalue weighted by molar-refractivity contribution is 5.94. The van der Waals surface area contributed by atoms with Crippen LogP contribution in [0.1, 0.15) is 45.4 Å². The van der Waals surface area contributed by atoms with Gasteiger partial charge in [-0.2, -0.15) is 0 Å². The van der Waals surface area contributed by atoms with Crippen LogP contribution in [0.4, 0.5) is 11.4 Å². The molecule has 0 heterocycles. The van der Waals surface area contributed by atoms with Gasteiger partial charge < -0.3 is 21.1 Å². The number of benzene rings is 1. The first-order valence-electron chi connectivity index (χ1n) is 8.53. The molecule has 24 heavy (non-hydrogen) atoms. The van der Waals surface area contributed by atoms with Crippen molar-refractivity contribution in [3.63, 3.8) is 0 Å². The van der Waals surface area contributed by atoms with Gasteiger partial charge in [0.2, 0.25) is 11.8 Å². The fourth-order valence-corrected chi connectivity index (χ4v) is 3.03. The number of hydrogen-bond donors (Lipinski definition) is 3. The van der Waals surface area contributed by atoms with Crippen molar-refractivity contribution in [1.82, 2.24) is 5.32 Å². The van der Waals surface area contributed by atoms with E-state index in [1.807, 2.05) is 6.92 Å². The average Bonchev–Trinajstić information content (AvgIpc) is 2.57. The zero-order valence-electron chi connectivity index (χ0n) is 14.4. The highest BCUT2D eigenvalue weighted by Gasteiger charge is 2.23.